The highest BCUT2D eigenvalue weighted by Gasteiger charge is 2.26. The molecule has 1 aliphatic carbocycles. The highest BCUT2D eigenvalue weighted by Crippen LogP contribution is 2.38. The van der Waals surface area contributed by atoms with Crippen LogP contribution < -0.4 is 5.73 Å². The van der Waals surface area contributed by atoms with E-state index in [1.54, 1.807) is 0 Å². The Labute approximate surface area is 186 Å². The average molecular weight is 427 g/mol. The molecule has 7 nitrogen and oxygen atoms in total. The van der Waals surface area contributed by atoms with E-state index < -0.39 is 0 Å². The Morgan fingerprint density at radius 3 is 2.81 bits per heavy atom. The maximum Gasteiger partial charge on any atom is 0.174 e. The van der Waals surface area contributed by atoms with Crippen molar-refractivity contribution in [3.63, 3.8) is 0 Å². The molecule has 1 saturated carbocycles. The second kappa shape index (κ2) is 8.75. The summed E-state index contributed by atoms with van der Waals surface area (Å²) >= 11 is 0. The number of nitrogens with zero attached hydrogens (tertiary/aromatic N) is 4. The molecule has 0 unspecified atom stereocenters. The number of benzene rings is 1. The minimum absolute atomic E-state index is 0.235. The Bertz CT molecular complexity index is 1290. The van der Waals surface area contributed by atoms with Gasteiger partial charge in [0.1, 0.15) is 11.2 Å². The van der Waals surface area contributed by atoms with E-state index in [0.717, 1.165) is 65.6 Å². The lowest BCUT2D eigenvalue weighted by Gasteiger charge is -2.30. The quantitative estimate of drug-likeness (QED) is 0.205. The molecule has 0 saturated heterocycles. The van der Waals surface area contributed by atoms with Crippen LogP contribution in [0.3, 0.4) is 0 Å². The number of imidazole rings is 1. The smallest absolute Gasteiger partial charge is 0.174 e. The molecular weight excluding hydrogens is 400 g/mol. The number of nitrogens with two attached hydrogens (primary N) is 1. The van der Waals surface area contributed by atoms with Gasteiger partial charge in [0.2, 0.25) is 0 Å². The first kappa shape index (κ1) is 20.1. The molecule has 162 valence electrons. The van der Waals surface area contributed by atoms with Crippen LogP contribution in [0.5, 0.6) is 0 Å². The normalized spacial score (nSPS) is 19.3. The first-order valence-corrected chi connectivity index (χ1v) is 11.0. The molecule has 0 radical (unpaired) electrons. The number of hydrogen-bond donors (Lipinski definition) is 2. The van der Waals surface area contributed by atoms with E-state index in [2.05, 4.69) is 31.7 Å². The van der Waals surface area contributed by atoms with Gasteiger partial charge >= 0.3 is 0 Å². The van der Waals surface area contributed by atoms with E-state index in [4.69, 9.17) is 22.0 Å². The number of hydrogen-bond acceptors (Lipinski definition) is 4. The van der Waals surface area contributed by atoms with Crippen LogP contribution in [0.15, 0.2) is 53.9 Å². The molecule has 3 N–H and O–H groups in total. The number of nitrogens with one attached hydrogen (secondary N) is 1. The van der Waals surface area contributed by atoms with Crippen molar-refractivity contribution in [1.82, 2.24) is 19.5 Å². The van der Waals surface area contributed by atoms with Crippen molar-refractivity contribution >= 4 is 27.9 Å². The molecule has 4 aromatic rings. The second-order valence-electron chi connectivity index (χ2n) is 8.33. The molecule has 1 fully saturated rings. The fraction of sp³-hybridized carbons (Fsp3) is 0.320. The Kier molecular flexibility index (Phi) is 5.51. The second-order valence-corrected chi connectivity index (χ2v) is 8.33. The third-order valence-corrected chi connectivity index (χ3v) is 6.32. The zero-order valence-electron chi connectivity index (χ0n) is 17.9. The zero-order chi connectivity index (χ0) is 21.9. The fourth-order valence-electron chi connectivity index (χ4n) is 4.73. The summed E-state index contributed by atoms with van der Waals surface area (Å²) in [5.74, 6) is 4.61. The van der Waals surface area contributed by atoms with Crippen LogP contribution in [0.4, 0.5) is 0 Å². The Morgan fingerprint density at radius 1 is 1.22 bits per heavy atom. The molecule has 3 aromatic heterocycles. The minimum Gasteiger partial charge on any atom is -0.386 e. The first-order valence-electron chi connectivity index (χ1n) is 11.0. The van der Waals surface area contributed by atoms with Crippen LogP contribution in [0, 0.1) is 18.3 Å². The molecule has 0 aliphatic heterocycles. The SMILES string of the molecule is C#CC[C@H]1CC[C@H](n2c(CO/N=C(\N)c3ccccc3)nc3cnc4[nH]ccc4c32)CC1. The number of H-pyrrole nitrogens is 1. The topological polar surface area (TPSA) is 94.1 Å². The summed E-state index contributed by atoms with van der Waals surface area (Å²) in [5, 5.41) is 5.20. The monoisotopic (exact) mass is 426 g/mol. The van der Waals surface area contributed by atoms with Gasteiger partial charge in [-0.3, -0.25) is 0 Å². The number of fused-ring (bicyclic) bond motifs is 3. The van der Waals surface area contributed by atoms with Crippen molar-refractivity contribution in [3.05, 3.63) is 60.2 Å². The largest absolute Gasteiger partial charge is 0.386 e. The molecular formula is C25H26N6O. The summed E-state index contributed by atoms with van der Waals surface area (Å²) in [7, 11) is 0. The van der Waals surface area contributed by atoms with Crippen LogP contribution in [-0.4, -0.2) is 25.4 Å². The van der Waals surface area contributed by atoms with Gasteiger partial charge in [-0.05, 0) is 37.7 Å². The Hall–Kier alpha value is -3.79. The number of terminal acetylenes is 1. The van der Waals surface area contributed by atoms with E-state index in [9.17, 15) is 0 Å². The maximum atomic E-state index is 6.09. The van der Waals surface area contributed by atoms with Crippen molar-refractivity contribution in [3.8, 4) is 12.3 Å². The van der Waals surface area contributed by atoms with Gasteiger partial charge in [-0.1, -0.05) is 35.5 Å². The number of rotatable bonds is 6. The lowest BCUT2D eigenvalue weighted by Crippen LogP contribution is -2.20. The average Bonchev–Trinajstić information content (AvgIpc) is 3.44. The summed E-state index contributed by atoms with van der Waals surface area (Å²) in [6, 6.07) is 12.0. The molecule has 5 rings (SSSR count). The van der Waals surface area contributed by atoms with Gasteiger partial charge in [-0.2, -0.15) is 0 Å². The van der Waals surface area contributed by atoms with Crippen molar-refractivity contribution in [1.29, 1.82) is 0 Å². The molecule has 3 heterocycles. The molecule has 1 aliphatic rings. The van der Waals surface area contributed by atoms with Gasteiger partial charge in [0.15, 0.2) is 18.3 Å². The summed E-state index contributed by atoms with van der Waals surface area (Å²) in [5.41, 5.74) is 9.73. The van der Waals surface area contributed by atoms with Gasteiger partial charge in [-0.25, -0.2) is 9.97 Å². The molecule has 32 heavy (non-hydrogen) atoms. The van der Waals surface area contributed by atoms with Gasteiger partial charge < -0.3 is 20.1 Å². The van der Waals surface area contributed by atoms with Crippen LogP contribution >= 0.6 is 0 Å². The van der Waals surface area contributed by atoms with Crippen LogP contribution in [0.1, 0.15) is 49.5 Å². The van der Waals surface area contributed by atoms with Gasteiger partial charge in [-0.15, -0.1) is 12.3 Å². The Morgan fingerprint density at radius 2 is 2.03 bits per heavy atom. The molecule has 7 heteroatoms. The molecule has 0 bridgehead atoms. The van der Waals surface area contributed by atoms with Gasteiger partial charge in [0.05, 0.1) is 11.7 Å². The molecule has 1 aromatic carbocycles. The van der Waals surface area contributed by atoms with E-state index in [1.807, 2.05) is 42.7 Å². The Balaban J connectivity index is 1.47. The van der Waals surface area contributed by atoms with E-state index in [-0.39, 0.29) is 6.61 Å². The summed E-state index contributed by atoms with van der Waals surface area (Å²) < 4.78 is 2.33. The van der Waals surface area contributed by atoms with E-state index in [0.29, 0.717) is 17.8 Å². The van der Waals surface area contributed by atoms with Gasteiger partial charge in [0.25, 0.3) is 0 Å². The predicted molar refractivity (Wildman–Crippen MR) is 126 cm³/mol. The molecule has 0 spiro atoms. The lowest BCUT2D eigenvalue weighted by atomic mass is 9.84. The number of oxime groups is 1. The van der Waals surface area contributed by atoms with Crippen molar-refractivity contribution in [2.24, 2.45) is 16.8 Å². The van der Waals surface area contributed by atoms with Crippen molar-refractivity contribution < 1.29 is 4.84 Å². The van der Waals surface area contributed by atoms with Crippen molar-refractivity contribution in [2.45, 2.75) is 44.8 Å². The summed E-state index contributed by atoms with van der Waals surface area (Å²) in [6.45, 7) is 0.235. The number of aromatic amines is 1. The third-order valence-electron chi connectivity index (χ3n) is 6.32. The van der Waals surface area contributed by atoms with E-state index >= 15 is 0 Å². The highest BCUT2D eigenvalue weighted by atomic mass is 16.6. The fourth-order valence-corrected chi connectivity index (χ4v) is 4.73. The predicted octanol–water partition coefficient (Wildman–Crippen LogP) is 4.50. The standard InChI is InChI=1S/C25H26N6O/c1-2-6-17-9-11-19(12-10-17)31-22(16-32-30-24(26)18-7-4-3-5-8-18)29-21-15-28-25-20(23(21)31)13-14-27-25/h1,3-5,7-8,13-15,17,19H,6,9-12,16H2,(H2,26,30)(H,27,28)/t17-,19-. The van der Waals surface area contributed by atoms with Crippen LogP contribution in [0.25, 0.3) is 22.1 Å². The highest BCUT2D eigenvalue weighted by molar-refractivity contribution is 6.01. The summed E-state index contributed by atoms with van der Waals surface area (Å²) in [4.78, 5) is 18.3. The van der Waals surface area contributed by atoms with Gasteiger partial charge in [0, 0.05) is 29.6 Å². The number of pyridine rings is 1. The maximum absolute atomic E-state index is 6.09. The first-order chi connectivity index (χ1) is 15.7. The number of amidine groups is 1. The third kappa shape index (κ3) is 3.80. The molecule has 0 amide bonds. The van der Waals surface area contributed by atoms with Crippen LogP contribution in [0.2, 0.25) is 0 Å². The van der Waals surface area contributed by atoms with Crippen molar-refractivity contribution in [2.75, 3.05) is 0 Å². The van der Waals surface area contributed by atoms with E-state index in [1.165, 1.54) is 0 Å². The lowest BCUT2D eigenvalue weighted by molar-refractivity contribution is 0.119. The molecule has 0 atom stereocenters. The minimum atomic E-state index is 0.235. The van der Waals surface area contributed by atoms with Crippen LogP contribution in [-0.2, 0) is 11.4 Å². The zero-order valence-corrected chi connectivity index (χ0v) is 17.9. The summed E-state index contributed by atoms with van der Waals surface area (Å²) in [6.07, 6.45) is 14.5. The number of aromatic nitrogens is 4.